The zero-order valence-corrected chi connectivity index (χ0v) is 12.7. The molecule has 3 amide bonds. The molecule has 0 aromatic carbocycles. The van der Waals surface area contributed by atoms with Gasteiger partial charge in [-0.05, 0) is 25.8 Å². The Morgan fingerprint density at radius 1 is 1.35 bits per heavy atom. The van der Waals surface area contributed by atoms with Gasteiger partial charge < -0.3 is 15.5 Å². The van der Waals surface area contributed by atoms with Gasteiger partial charge in [-0.15, -0.1) is 0 Å². The predicted octanol–water partition coefficient (Wildman–Crippen LogP) is 0.440. The minimum atomic E-state index is -0.652. The predicted molar refractivity (Wildman–Crippen MR) is 78.0 cm³/mol. The summed E-state index contributed by atoms with van der Waals surface area (Å²) in [6.45, 7) is 9.47. The Morgan fingerprint density at radius 3 is 2.45 bits per heavy atom. The first-order valence-electron chi connectivity index (χ1n) is 6.96. The van der Waals surface area contributed by atoms with Crippen molar-refractivity contribution in [2.45, 2.75) is 45.7 Å². The van der Waals surface area contributed by atoms with E-state index in [0.29, 0.717) is 13.0 Å². The van der Waals surface area contributed by atoms with Gasteiger partial charge in [0.1, 0.15) is 12.1 Å². The van der Waals surface area contributed by atoms with Crippen LogP contribution in [0.1, 0.15) is 33.6 Å². The fourth-order valence-corrected chi connectivity index (χ4v) is 2.05. The third-order valence-electron chi connectivity index (χ3n) is 3.00. The first-order valence-corrected chi connectivity index (χ1v) is 6.96. The quantitative estimate of drug-likeness (QED) is 0.735. The van der Waals surface area contributed by atoms with E-state index < -0.39 is 18.0 Å². The van der Waals surface area contributed by atoms with Gasteiger partial charge in [0.2, 0.25) is 17.7 Å². The molecule has 0 radical (unpaired) electrons. The van der Waals surface area contributed by atoms with Gasteiger partial charge in [0, 0.05) is 13.6 Å². The minimum absolute atomic E-state index is 0.164. The van der Waals surface area contributed by atoms with Crippen molar-refractivity contribution < 1.29 is 14.4 Å². The van der Waals surface area contributed by atoms with Crippen LogP contribution in [0.25, 0.3) is 0 Å². The Kier molecular flexibility index (Phi) is 8.27. The van der Waals surface area contributed by atoms with Crippen LogP contribution >= 0.6 is 0 Å². The molecule has 1 fully saturated rings. The van der Waals surface area contributed by atoms with Crippen LogP contribution in [0, 0.1) is 0 Å². The highest BCUT2D eigenvalue weighted by molar-refractivity contribution is 5.94. The summed E-state index contributed by atoms with van der Waals surface area (Å²) in [5.41, 5.74) is 0. The number of likely N-dealkylation sites (tertiary alicyclic amines) is 1. The number of likely N-dealkylation sites (N-methyl/N-ethyl adjacent to an activating group) is 1. The Balaban J connectivity index is 0.00000172. The molecule has 1 heterocycles. The summed E-state index contributed by atoms with van der Waals surface area (Å²) in [6.07, 6.45) is 2.57. The Hall–Kier alpha value is -1.85. The number of hydrogen-bond donors (Lipinski definition) is 2. The van der Waals surface area contributed by atoms with Crippen LogP contribution < -0.4 is 10.6 Å². The van der Waals surface area contributed by atoms with E-state index in [2.05, 4.69) is 17.2 Å². The summed E-state index contributed by atoms with van der Waals surface area (Å²) >= 11 is 0. The lowest BCUT2D eigenvalue weighted by Gasteiger charge is -2.26. The van der Waals surface area contributed by atoms with Crippen molar-refractivity contribution in [2.24, 2.45) is 0 Å². The van der Waals surface area contributed by atoms with Crippen LogP contribution in [-0.2, 0) is 14.4 Å². The van der Waals surface area contributed by atoms with E-state index in [4.69, 9.17) is 0 Å². The maximum atomic E-state index is 12.1. The molecule has 1 aliphatic heterocycles. The average Bonchev–Trinajstić information content (AvgIpc) is 2.96. The Morgan fingerprint density at radius 2 is 1.95 bits per heavy atom. The third-order valence-corrected chi connectivity index (χ3v) is 3.00. The monoisotopic (exact) mass is 283 g/mol. The molecule has 2 atom stereocenters. The molecule has 6 nitrogen and oxygen atoms in total. The topological polar surface area (TPSA) is 78.5 Å². The molecule has 0 aliphatic carbocycles. The summed E-state index contributed by atoms with van der Waals surface area (Å²) in [4.78, 5) is 36.4. The molecule has 0 bridgehead atoms. The van der Waals surface area contributed by atoms with E-state index in [0.717, 1.165) is 12.5 Å². The van der Waals surface area contributed by atoms with Gasteiger partial charge in [0.05, 0.1) is 0 Å². The van der Waals surface area contributed by atoms with Crippen LogP contribution in [0.5, 0.6) is 0 Å². The normalized spacial score (nSPS) is 18.4. The largest absolute Gasteiger partial charge is 0.357 e. The maximum Gasteiger partial charge on any atom is 0.245 e. The standard InChI is InChI=1S/C12H19N3O3.C2H6/c1-4-10(16)14-8(2)12(18)15-7-5-6-9(15)11(17)13-3;1-2/h4,8-9H,1,5-7H2,2-3H3,(H,13,17)(H,14,16);1-2H3/t8-,9?;/m0./s1. The van der Waals surface area contributed by atoms with Gasteiger partial charge in [0.15, 0.2) is 0 Å². The lowest BCUT2D eigenvalue weighted by molar-refractivity contribution is -0.140. The van der Waals surface area contributed by atoms with Crippen LogP contribution in [0.4, 0.5) is 0 Å². The van der Waals surface area contributed by atoms with Gasteiger partial charge in [0.25, 0.3) is 0 Å². The molecule has 1 saturated heterocycles. The lowest BCUT2D eigenvalue weighted by atomic mass is 10.2. The minimum Gasteiger partial charge on any atom is -0.357 e. The van der Waals surface area contributed by atoms with Gasteiger partial charge in [-0.1, -0.05) is 20.4 Å². The number of nitrogens with zero attached hydrogens (tertiary/aromatic N) is 1. The van der Waals surface area contributed by atoms with Gasteiger partial charge in [-0.25, -0.2) is 0 Å². The number of carbonyl (C=O) groups is 3. The van der Waals surface area contributed by atoms with E-state index in [1.165, 1.54) is 4.90 Å². The zero-order chi connectivity index (χ0) is 15.7. The Labute approximate surface area is 120 Å². The fraction of sp³-hybridized carbons (Fsp3) is 0.643. The summed E-state index contributed by atoms with van der Waals surface area (Å²) in [5.74, 6) is -0.800. The number of nitrogens with one attached hydrogen (secondary N) is 2. The molecule has 2 N–H and O–H groups in total. The number of hydrogen-bond acceptors (Lipinski definition) is 3. The summed E-state index contributed by atoms with van der Waals surface area (Å²) in [6, 6.07) is -1.08. The molecular weight excluding hydrogens is 258 g/mol. The van der Waals surface area contributed by atoms with E-state index in [-0.39, 0.29) is 11.8 Å². The van der Waals surface area contributed by atoms with E-state index in [1.54, 1.807) is 14.0 Å². The van der Waals surface area contributed by atoms with Crippen molar-refractivity contribution in [2.75, 3.05) is 13.6 Å². The molecule has 6 heteroatoms. The number of carbonyl (C=O) groups excluding carboxylic acids is 3. The highest BCUT2D eigenvalue weighted by Crippen LogP contribution is 2.18. The highest BCUT2D eigenvalue weighted by Gasteiger charge is 2.35. The van der Waals surface area contributed by atoms with Gasteiger partial charge >= 0.3 is 0 Å². The molecule has 1 aliphatic rings. The van der Waals surface area contributed by atoms with Gasteiger partial charge in [-0.3, -0.25) is 14.4 Å². The van der Waals surface area contributed by atoms with Crippen molar-refractivity contribution in [1.29, 1.82) is 0 Å². The molecule has 114 valence electrons. The van der Waals surface area contributed by atoms with Crippen molar-refractivity contribution in [3.05, 3.63) is 12.7 Å². The fourth-order valence-electron chi connectivity index (χ4n) is 2.05. The zero-order valence-electron chi connectivity index (χ0n) is 12.7. The van der Waals surface area contributed by atoms with Crippen LogP contribution in [-0.4, -0.2) is 48.3 Å². The van der Waals surface area contributed by atoms with E-state index in [9.17, 15) is 14.4 Å². The van der Waals surface area contributed by atoms with Crippen molar-refractivity contribution in [3.63, 3.8) is 0 Å². The second-order valence-electron chi connectivity index (χ2n) is 4.24. The first-order chi connectivity index (χ1) is 9.51. The smallest absolute Gasteiger partial charge is 0.245 e. The van der Waals surface area contributed by atoms with E-state index in [1.807, 2.05) is 13.8 Å². The molecule has 0 spiro atoms. The molecule has 0 saturated carbocycles. The molecule has 1 rings (SSSR count). The van der Waals surface area contributed by atoms with Crippen molar-refractivity contribution >= 4 is 17.7 Å². The molecule has 20 heavy (non-hydrogen) atoms. The van der Waals surface area contributed by atoms with Crippen LogP contribution in [0.2, 0.25) is 0 Å². The maximum absolute atomic E-state index is 12.1. The molecular formula is C14H25N3O3. The number of rotatable bonds is 4. The Bertz CT molecular complexity index is 369. The van der Waals surface area contributed by atoms with Crippen molar-refractivity contribution in [3.8, 4) is 0 Å². The first kappa shape index (κ1) is 18.1. The third kappa shape index (κ3) is 4.68. The molecule has 0 aromatic rings. The summed E-state index contributed by atoms with van der Waals surface area (Å²) in [7, 11) is 1.55. The van der Waals surface area contributed by atoms with Crippen LogP contribution in [0.3, 0.4) is 0 Å². The van der Waals surface area contributed by atoms with E-state index >= 15 is 0 Å². The lowest BCUT2D eigenvalue weighted by Crippen LogP contribution is -2.51. The summed E-state index contributed by atoms with van der Waals surface area (Å²) < 4.78 is 0. The highest BCUT2D eigenvalue weighted by atomic mass is 16.2. The molecule has 1 unspecified atom stereocenters. The second-order valence-corrected chi connectivity index (χ2v) is 4.24. The second kappa shape index (κ2) is 9.12. The molecule has 0 aromatic heterocycles. The average molecular weight is 283 g/mol. The SMILES string of the molecule is C=CC(=O)N[C@@H](C)C(=O)N1CCCC1C(=O)NC.CC. The van der Waals surface area contributed by atoms with Crippen molar-refractivity contribution in [1.82, 2.24) is 15.5 Å². The summed E-state index contributed by atoms with van der Waals surface area (Å²) in [5, 5.41) is 5.05. The van der Waals surface area contributed by atoms with Gasteiger partial charge in [-0.2, -0.15) is 0 Å². The number of amides is 3. The van der Waals surface area contributed by atoms with Crippen LogP contribution in [0.15, 0.2) is 12.7 Å².